The van der Waals surface area contributed by atoms with Gasteiger partial charge in [-0.15, -0.1) is 11.3 Å². The van der Waals surface area contributed by atoms with Crippen molar-refractivity contribution in [2.75, 3.05) is 7.11 Å². The molecule has 4 nitrogen and oxygen atoms in total. The number of hydrogen-bond donors (Lipinski definition) is 1. The highest BCUT2D eigenvalue weighted by Crippen LogP contribution is 2.36. The van der Waals surface area contributed by atoms with Crippen molar-refractivity contribution in [2.45, 2.75) is 0 Å². The normalized spacial score (nSPS) is 11.2. The van der Waals surface area contributed by atoms with Gasteiger partial charge in [0.05, 0.1) is 23.2 Å². The Morgan fingerprint density at radius 2 is 2.00 bits per heavy atom. The van der Waals surface area contributed by atoms with E-state index in [1.165, 1.54) is 36.8 Å². The van der Waals surface area contributed by atoms with E-state index < -0.39 is 11.8 Å². The molecule has 1 N–H and O–H groups in total. The lowest BCUT2D eigenvalue weighted by Gasteiger charge is -1.99. The first-order chi connectivity index (χ1) is 11.1. The number of carbonyl (C=O) groups excluding carboxylic acids is 1. The molecule has 0 amide bonds. The zero-order chi connectivity index (χ0) is 16.4. The number of benzene rings is 2. The molecular weight excluding hydrogens is 317 g/mol. The van der Waals surface area contributed by atoms with Crippen LogP contribution in [0, 0.1) is 5.82 Å². The molecule has 0 bridgehead atoms. The number of thiophene rings is 1. The predicted molar refractivity (Wildman–Crippen MR) is 88.5 cm³/mol. The van der Waals surface area contributed by atoms with Crippen LogP contribution < -0.4 is 0 Å². The molecule has 0 unspecified atom stereocenters. The fraction of sp³-hybridized carbons (Fsp3) is 0.0588. The number of carbonyl (C=O) groups is 1. The van der Waals surface area contributed by atoms with Crippen LogP contribution in [0.1, 0.15) is 15.2 Å². The summed E-state index contributed by atoms with van der Waals surface area (Å²) in [5.74, 6) is -0.795. The Morgan fingerprint density at radius 1 is 1.26 bits per heavy atom. The van der Waals surface area contributed by atoms with Gasteiger partial charge in [0.2, 0.25) is 0 Å². The average Bonchev–Trinajstić information content (AvgIpc) is 2.88. The molecule has 0 aliphatic carbocycles. The quantitative estimate of drug-likeness (QED) is 0.576. The highest BCUT2D eigenvalue weighted by Gasteiger charge is 2.10. The fourth-order valence-electron chi connectivity index (χ4n) is 2.10. The molecule has 23 heavy (non-hydrogen) atoms. The van der Waals surface area contributed by atoms with Gasteiger partial charge in [0.15, 0.2) is 0 Å². The van der Waals surface area contributed by atoms with E-state index in [0.29, 0.717) is 21.5 Å². The SMILES string of the molecule is COC(=O)c1ccc(N=Cc2sc3ccc(F)cc3c2O)cc1. The van der Waals surface area contributed by atoms with Crippen molar-refractivity contribution < 1.29 is 19.0 Å². The van der Waals surface area contributed by atoms with Crippen LogP contribution in [-0.4, -0.2) is 24.4 Å². The first-order valence-electron chi connectivity index (χ1n) is 6.72. The highest BCUT2D eigenvalue weighted by molar-refractivity contribution is 7.21. The summed E-state index contributed by atoms with van der Waals surface area (Å²) < 4.78 is 18.6. The van der Waals surface area contributed by atoms with E-state index >= 15 is 0 Å². The number of methoxy groups -OCH3 is 1. The third kappa shape index (κ3) is 3.07. The van der Waals surface area contributed by atoms with E-state index in [0.717, 1.165) is 4.70 Å². The van der Waals surface area contributed by atoms with Gasteiger partial charge in [-0.05, 0) is 42.5 Å². The molecule has 1 aromatic heterocycles. The highest BCUT2D eigenvalue weighted by atomic mass is 32.1. The maximum Gasteiger partial charge on any atom is 0.337 e. The largest absolute Gasteiger partial charge is 0.506 e. The first-order valence-corrected chi connectivity index (χ1v) is 7.53. The summed E-state index contributed by atoms with van der Waals surface area (Å²) >= 11 is 1.32. The Balaban J connectivity index is 1.88. The molecule has 1 heterocycles. The van der Waals surface area contributed by atoms with Crippen molar-refractivity contribution in [2.24, 2.45) is 4.99 Å². The van der Waals surface area contributed by atoms with E-state index in [-0.39, 0.29) is 5.75 Å². The number of rotatable bonds is 3. The smallest absolute Gasteiger partial charge is 0.337 e. The Morgan fingerprint density at radius 3 is 2.70 bits per heavy atom. The summed E-state index contributed by atoms with van der Waals surface area (Å²) in [6.07, 6.45) is 1.52. The van der Waals surface area contributed by atoms with Gasteiger partial charge in [-0.1, -0.05) is 0 Å². The molecule has 0 spiro atoms. The van der Waals surface area contributed by atoms with Crippen molar-refractivity contribution in [1.29, 1.82) is 0 Å². The minimum absolute atomic E-state index is 0.0134. The van der Waals surface area contributed by atoms with Gasteiger partial charge in [-0.3, -0.25) is 4.99 Å². The fourth-order valence-corrected chi connectivity index (χ4v) is 3.05. The van der Waals surface area contributed by atoms with E-state index in [1.54, 1.807) is 30.3 Å². The van der Waals surface area contributed by atoms with Crippen LogP contribution >= 0.6 is 11.3 Å². The minimum Gasteiger partial charge on any atom is -0.506 e. The number of aliphatic imine (C=N–C) groups is 1. The molecule has 0 radical (unpaired) electrons. The Labute approximate surface area is 135 Å². The maximum atomic E-state index is 13.2. The van der Waals surface area contributed by atoms with Gasteiger partial charge in [-0.25, -0.2) is 9.18 Å². The monoisotopic (exact) mass is 329 g/mol. The summed E-state index contributed by atoms with van der Waals surface area (Å²) in [6.45, 7) is 0. The number of esters is 1. The lowest BCUT2D eigenvalue weighted by molar-refractivity contribution is 0.0601. The first kappa shape index (κ1) is 15.2. The summed E-state index contributed by atoms with van der Waals surface area (Å²) in [5.41, 5.74) is 1.06. The van der Waals surface area contributed by atoms with E-state index in [9.17, 15) is 14.3 Å². The minimum atomic E-state index is -0.412. The van der Waals surface area contributed by atoms with Gasteiger partial charge >= 0.3 is 5.97 Å². The summed E-state index contributed by atoms with van der Waals surface area (Å²) in [7, 11) is 1.32. The molecule has 0 aliphatic rings. The number of aromatic hydroxyl groups is 1. The van der Waals surface area contributed by atoms with Gasteiger partial charge in [0.1, 0.15) is 11.6 Å². The summed E-state index contributed by atoms with van der Waals surface area (Å²) in [4.78, 5) is 16.2. The topological polar surface area (TPSA) is 58.9 Å². The van der Waals surface area contributed by atoms with Crippen LogP contribution in [-0.2, 0) is 4.74 Å². The van der Waals surface area contributed by atoms with E-state index in [4.69, 9.17) is 0 Å². The van der Waals surface area contributed by atoms with Crippen molar-refractivity contribution >= 4 is 39.3 Å². The molecule has 0 saturated carbocycles. The molecule has 2 aromatic carbocycles. The molecule has 0 fully saturated rings. The Hall–Kier alpha value is -2.73. The summed E-state index contributed by atoms with van der Waals surface area (Å²) in [6, 6.07) is 10.8. The molecular formula is C17H12FNO3S. The van der Waals surface area contributed by atoms with Gasteiger partial charge < -0.3 is 9.84 Å². The van der Waals surface area contributed by atoms with Gasteiger partial charge in [0.25, 0.3) is 0 Å². The Kier molecular flexibility index (Phi) is 4.08. The van der Waals surface area contributed by atoms with Crippen molar-refractivity contribution in [3.63, 3.8) is 0 Å². The molecule has 3 rings (SSSR count). The van der Waals surface area contributed by atoms with Crippen molar-refractivity contribution in [1.82, 2.24) is 0 Å². The third-order valence-corrected chi connectivity index (χ3v) is 4.36. The Bertz CT molecular complexity index is 900. The zero-order valence-electron chi connectivity index (χ0n) is 12.1. The molecule has 0 saturated heterocycles. The van der Waals surface area contributed by atoms with Crippen molar-refractivity contribution in [3.8, 4) is 5.75 Å². The predicted octanol–water partition coefficient (Wildman–Crippen LogP) is 4.28. The van der Waals surface area contributed by atoms with Crippen LogP contribution in [0.4, 0.5) is 10.1 Å². The van der Waals surface area contributed by atoms with Crippen LogP contribution in [0.2, 0.25) is 0 Å². The molecule has 116 valence electrons. The van der Waals surface area contributed by atoms with Crippen molar-refractivity contribution in [3.05, 3.63) is 58.7 Å². The zero-order valence-corrected chi connectivity index (χ0v) is 12.9. The third-order valence-electron chi connectivity index (χ3n) is 3.27. The lowest BCUT2D eigenvalue weighted by Crippen LogP contribution is -1.99. The van der Waals surface area contributed by atoms with Crippen LogP contribution in [0.3, 0.4) is 0 Å². The lowest BCUT2D eigenvalue weighted by atomic mass is 10.2. The molecule has 6 heteroatoms. The van der Waals surface area contributed by atoms with Crippen LogP contribution in [0.5, 0.6) is 5.75 Å². The number of ether oxygens (including phenoxy) is 1. The maximum absolute atomic E-state index is 13.2. The molecule has 0 atom stereocenters. The van der Waals surface area contributed by atoms with Gasteiger partial charge in [0, 0.05) is 16.3 Å². The average molecular weight is 329 g/mol. The number of halogens is 1. The van der Waals surface area contributed by atoms with E-state index in [1.807, 2.05) is 0 Å². The molecule has 0 aliphatic heterocycles. The number of fused-ring (bicyclic) bond motifs is 1. The second-order valence-electron chi connectivity index (χ2n) is 4.75. The summed E-state index contributed by atoms with van der Waals surface area (Å²) in [5, 5.41) is 10.6. The standard InChI is InChI=1S/C17H12FNO3S/c1-22-17(21)10-2-5-12(6-3-10)19-9-15-16(20)13-8-11(18)4-7-14(13)23-15/h2-9,20H,1H3. The van der Waals surface area contributed by atoms with Gasteiger partial charge in [-0.2, -0.15) is 0 Å². The second kappa shape index (κ2) is 6.18. The number of hydrogen-bond acceptors (Lipinski definition) is 5. The van der Waals surface area contributed by atoms with Crippen LogP contribution in [0.25, 0.3) is 10.1 Å². The molecule has 3 aromatic rings. The van der Waals surface area contributed by atoms with Crippen LogP contribution in [0.15, 0.2) is 47.5 Å². The van der Waals surface area contributed by atoms with E-state index in [2.05, 4.69) is 9.73 Å². The second-order valence-corrected chi connectivity index (χ2v) is 5.84. The number of nitrogens with zero attached hydrogens (tertiary/aromatic N) is 1.